The van der Waals surface area contributed by atoms with Crippen molar-refractivity contribution in [3.8, 4) is 0 Å². The Balaban J connectivity index is 3.71. The van der Waals surface area contributed by atoms with Crippen LogP contribution in [0.1, 0.15) is 73.1 Å². The van der Waals surface area contributed by atoms with Crippen LogP contribution < -0.4 is 0 Å². The first-order valence-corrected chi connectivity index (χ1v) is 6.79. The summed E-state index contributed by atoms with van der Waals surface area (Å²) in [4.78, 5) is 0. The molecule has 0 aliphatic carbocycles. The molecule has 0 atom stereocenters. The molecule has 0 aromatic rings. The number of hydrogen-bond acceptors (Lipinski definition) is 0. The molecule has 0 aromatic carbocycles. The second kappa shape index (κ2) is 9.00. The predicted octanol–water partition coefficient (Wildman–Crippen LogP) is 5.59. The second-order valence-electron chi connectivity index (χ2n) is 5.22. The summed E-state index contributed by atoms with van der Waals surface area (Å²) in [5, 5.41) is 0. The monoisotopic (exact) mass is 210 g/mol. The van der Waals surface area contributed by atoms with Crippen molar-refractivity contribution in [3.63, 3.8) is 0 Å². The van der Waals surface area contributed by atoms with Gasteiger partial charge in [0.2, 0.25) is 0 Å². The van der Waals surface area contributed by atoms with Crippen molar-refractivity contribution in [2.75, 3.05) is 0 Å². The highest BCUT2D eigenvalue weighted by atomic mass is 14.1. The maximum Gasteiger partial charge on any atom is -0.0258 e. The molecule has 90 valence electrons. The summed E-state index contributed by atoms with van der Waals surface area (Å²) >= 11 is 0. The van der Waals surface area contributed by atoms with Crippen LogP contribution in [0, 0.1) is 11.8 Å². The van der Waals surface area contributed by atoms with E-state index in [0.29, 0.717) is 0 Å². The summed E-state index contributed by atoms with van der Waals surface area (Å²) in [6.07, 6.45) is 10.7. The zero-order valence-corrected chi connectivity index (χ0v) is 11.5. The lowest BCUT2D eigenvalue weighted by atomic mass is 9.91. The van der Waals surface area contributed by atoms with Gasteiger partial charge in [0.1, 0.15) is 0 Å². The minimum absolute atomic E-state index is 0.723. The van der Waals surface area contributed by atoms with E-state index in [2.05, 4.69) is 40.7 Å². The summed E-state index contributed by atoms with van der Waals surface area (Å²) in [7, 11) is 0. The molecule has 0 nitrogen and oxygen atoms in total. The molecular formula is C15H30. The van der Waals surface area contributed by atoms with Crippen molar-refractivity contribution in [2.45, 2.75) is 73.1 Å². The van der Waals surface area contributed by atoms with Crippen molar-refractivity contribution < 1.29 is 0 Å². The van der Waals surface area contributed by atoms with E-state index in [4.69, 9.17) is 0 Å². The highest BCUT2D eigenvalue weighted by Gasteiger charge is 2.06. The number of allylic oxidation sites excluding steroid dienone is 2. The maximum absolute atomic E-state index is 2.49. The van der Waals surface area contributed by atoms with Gasteiger partial charge in [0.15, 0.2) is 0 Å². The third-order valence-electron chi connectivity index (χ3n) is 3.02. The van der Waals surface area contributed by atoms with Crippen LogP contribution in [-0.4, -0.2) is 0 Å². The van der Waals surface area contributed by atoms with Gasteiger partial charge < -0.3 is 0 Å². The molecule has 0 aliphatic heterocycles. The van der Waals surface area contributed by atoms with E-state index in [-0.39, 0.29) is 0 Å². The van der Waals surface area contributed by atoms with Crippen LogP contribution in [0.3, 0.4) is 0 Å². The summed E-state index contributed by atoms with van der Waals surface area (Å²) in [6.45, 7) is 11.5. The van der Waals surface area contributed by atoms with Gasteiger partial charge in [0.25, 0.3) is 0 Å². The summed E-state index contributed by atoms with van der Waals surface area (Å²) in [5.74, 6) is 1.45. The Morgan fingerprint density at radius 3 is 1.87 bits per heavy atom. The van der Waals surface area contributed by atoms with Crippen molar-refractivity contribution in [2.24, 2.45) is 11.8 Å². The van der Waals surface area contributed by atoms with E-state index >= 15 is 0 Å². The predicted molar refractivity (Wildman–Crippen MR) is 71.1 cm³/mol. The largest absolute Gasteiger partial charge is 0.0848 e. The smallest absolute Gasteiger partial charge is 0.0258 e. The normalized spacial score (nSPS) is 11.1. The van der Waals surface area contributed by atoms with Crippen molar-refractivity contribution >= 4 is 0 Å². The van der Waals surface area contributed by atoms with Gasteiger partial charge in [0, 0.05) is 0 Å². The molecule has 0 spiro atoms. The number of rotatable bonds is 8. The molecule has 0 bridgehead atoms. The van der Waals surface area contributed by atoms with E-state index < -0.39 is 0 Å². The Morgan fingerprint density at radius 2 is 1.40 bits per heavy atom. The fourth-order valence-corrected chi connectivity index (χ4v) is 2.15. The van der Waals surface area contributed by atoms with Crippen LogP contribution in [0.4, 0.5) is 0 Å². The Kier molecular flexibility index (Phi) is 8.85. The molecular weight excluding hydrogens is 180 g/mol. The van der Waals surface area contributed by atoms with Gasteiger partial charge in [-0.05, 0) is 24.7 Å². The van der Waals surface area contributed by atoms with Gasteiger partial charge in [0.05, 0.1) is 0 Å². The first-order valence-electron chi connectivity index (χ1n) is 6.79. The van der Waals surface area contributed by atoms with Crippen LogP contribution in [0.25, 0.3) is 0 Å². The molecule has 0 fully saturated rings. The van der Waals surface area contributed by atoms with Crippen LogP contribution in [0.15, 0.2) is 11.6 Å². The zero-order chi connectivity index (χ0) is 11.7. The molecule has 0 heterocycles. The summed E-state index contributed by atoms with van der Waals surface area (Å²) < 4.78 is 0. The first-order chi connectivity index (χ1) is 7.09. The highest BCUT2D eigenvalue weighted by Crippen LogP contribution is 2.20. The lowest BCUT2D eigenvalue weighted by Crippen LogP contribution is -2.01. The fraction of sp³-hybridized carbons (Fsp3) is 0.867. The third-order valence-corrected chi connectivity index (χ3v) is 3.02. The zero-order valence-electron chi connectivity index (χ0n) is 11.5. The van der Waals surface area contributed by atoms with Gasteiger partial charge in [-0.1, -0.05) is 72.0 Å². The van der Waals surface area contributed by atoms with Crippen LogP contribution in [-0.2, 0) is 0 Å². The number of unbranched alkanes of at least 4 members (excludes halogenated alkanes) is 5. The molecule has 0 unspecified atom stereocenters. The Bertz CT molecular complexity index is 153. The SMILES string of the molecule is CCCCCCCC=C(C(C)C)C(C)C. The molecule has 15 heavy (non-hydrogen) atoms. The lowest BCUT2D eigenvalue weighted by molar-refractivity contribution is 0.605. The minimum Gasteiger partial charge on any atom is -0.0848 e. The van der Waals surface area contributed by atoms with Gasteiger partial charge in [-0.2, -0.15) is 0 Å². The Hall–Kier alpha value is -0.260. The molecule has 0 N–H and O–H groups in total. The average molecular weight is 210 g/mol. The summed E-state index contributed by atoms with van der Waals surface area (Å²) in [6, 6.07) is 0. The fourth-order valence-electron chi connectivity index (χ4n) is 2.15. The Morgan fingerprint density at radius 1 is 0.867 bits per heavy atom. The molecule has 0 radical (unpaired) electrons. The van der Waals surface area contributed by atoms with Gasteiger partial charge >= 0.3 is 0 Å². The molecule has 0 saturated carbocycles. The maximum atomic E-state index is 2.49. The standard InChI is InChI=1S/C15H30/c1-6-7-8-9-10-11-12-15(13(2)3)14(4)5/h12-14H,6-11H2,1-5H3. The first kappa shape index (κ1) is 14.7. The average Bonchev–Trinajstić information content (AvgIpc) is 2.15. The highest BCUT2D eigenvalue weighted by molar-refractivity contribution is 5.07. The lowest BCUT2D eigenvalue weighted by Gasteiger charge is -2.15. The van der Waals surface area contributed by atoms with Gasteiger partial charge in [-0.3, -0.25) is 0 Å². The van der Waals surface area contributed by atoms with Crippen molar-refractivity contribution in [3.05, 3.63) is 11.6 Å². The second-order valence-corrected chi connectivity index (χ2v) is 5.22. The molecule has 0 rings (SSSR count). The number of hydrogen-bond donors (Lipinski definition) is 0. The molecule has 0 aliphatic rings. The van der Waals surface area contributed by atoms with Gasteiger partial charge in [-0.15, -0.1) is 0 Å². The molecule has 0 heteroatoms. The van der Waals surface area contributed by atoms with Crippen molar-refractivity contribution in [1.29, 1.82) is 0 Å². The van der Waals surface area contributed by atoms with E-state index in [0.717, 1.165) is 11.8 Å². The minimum atomic E-state index is 0.723. The van der Waals surface area contributed by atoms with E-state index in [1.165, 1.54) is 38.5 Å². The quantitative estimate of drug-likeness (QED) is 0.362. The summed E-state index contributed by atoms with van der Waals surface area (Å²) in [5.41, 5.74) is 1.64. The van der Waals surface area contributed by atoms with Crippen molar-refractivity contribution in [1.82, 2.24) is 0 Å². The van der Waals surface area contributed by atoms with E-state index in [1.54, 1.807) is 5.57 Å². The third kappa shape index (κ3) is 7.64. The molecule has 0 amide bonds. The van der Waals surface area contributed by atoms with E-state index in [1.807, 2.05) is 0 Å². The van der Waals surface area contributed by atoms with Gasteiger partial charge in [-0.25, -0.2) is 0 Å². The Labute approximate surface area is 97.2 Å². The molecule has 0 aromatic heterocycles. The van der Waals surface area contributed by atoms with Crippen LogP contribution in [0.2, 0.25) is 0 Å². The van der Waals surface area contributed by atoms with E-state index in [9.17, 15) is 0 Å². The molecule has 0 saturated heterocycles. The van der Waals surface area contributed by atoms with Crippen LogP contribution >= 0.6 is 0 Å². The topological polar surface area (TPSA) is 0 Å². The van der Waals surface area contributed by atoms with Crippen LogP contribution in [0.5, 0.6) is 0 Å².